The van der Waals surface area contributed by atoms with Crippen LogP contribution in [-0.4, -0.2) is 23.9 Å². The van der Waals surface area contributed by atoms with E-state index in [4.69, 9.17) is 10.5 Å². The molecule has 0 aliphatic carbocycles. The predicted octanol–water partition coefficient (Wildman–Crippen LogP) is 3.17. The van der Waals surface area contributed by atoms with Gasteiger partial charge in [-0.2, -0.15) is 0 Å². The summed E-state index contributed by atoms with van der Waals surface area (Å²) in [5.41, 5.74) is 9.20. The van der Waals surface area contributed by atoms with Gasteiger partial charge in [0.1, 0.15) is 5.75 Å². The van der Waals surface area contributed by atoms with E-state index < -0.39 is 0 Å². The van der Waals surface area contributed by atoms with Crippen LogP contribution in [0.4, 0.5) is 11.4 Å². The van der Waals surface area contributed by atoms with E-state index in [0.29, 0.717) is 36.3 Å². The molecule has 7 nitrogen and oxygen atoms in total. The lowest BCUT2D eigenvalue weighted by molar-refractivity contribution is -0.121. The average Bonchev–Trinajstić information content (AvgIpc) is 2.78. The first-order valence-corrected chi connectivity index (χ1v) is 9.54. The number of carbonyl (C=O) groups is 2. The highest BCUT2D eigenvalue weighted by atomic mass is 16.5. The smallest absolute Gasteiger partial charge is 0.255 e. The average molecular weight is 404 g/mol. The number of benzene rings is 2. The second-order valence-electron chi connectivity index (χ2n) is 6.74. The summed E-state index contributed by atoms with van der Waals surface area (Å²) in [5.74, 6) is 0.508. The van der Waals surface area contributed by atoms with E-state index in [1.807, 2.05) is 36.4 Å². The molecular formula is C23H24N4O3. The van der Waals surface area contributed by atoms with Gasteiger partial charge in [-0.05, 0) is 47.9 Å². The minimum Gasteiger partial charge on any atom is -0.497 e. The van der Waals surface area contributed by atoms with Crippen molar-refractivity contribution in [1.29, 1.82) is 0 Å². The lowest BCUT2D eigenvalue weighted by Crippen LogP contribution is -2.23. The molecule has 0 saturated carbocycles. The van der Waals surface area contributed by atoms with E-state index in [2.05, 4.69) is 15.6 Å². The lowest BCUT2D eigenvalue weighted by Gasteiger charge is -2.09. The molecule has 0 saturated heterocycles. The van der Waals surface area contributed by atoms with Crippen LogP contribution in [0.15, 0.2) is 67.0 Å². The Kier molecular flexibility index (Phi) is 7.00. The zero-order chi connectivity index (χ0) is 21.3. The molecule has 4 N–H and O–H groups in total. The van der Waals surface area contributed by atoms with Gasteiger partial charge in [0.15, 0.2) is 0 Å². The number of aryl methyl sites for hydroxylation is 1. The summed E-state index contributed by atoms with van der Waals surface area (Å²) in [6, 6.07) is 16.4. The molecule has 2 aromatic carbocycles. The summed E-state index contributed by atoms with van der Waals surface area (Å²) in [6.45, 7) is 0.403. The molecular weight excluding hydrogens is 380 g/mol. The molecule has 1 aromatic heterocycles. The summed E-state index contributed by atoms with van der Waals surface area (Å²) < 4.78 is 5.13. The van der Waals surface area contributed by atoms with Crippen molar-refractivity contribution in [3.05, 3.63) is 83.7 Å². The molecule has 1 heterocycles. The molecule has 7 heteroatoms. The van der Waals surface area contributed by atoms with Crippen LogP contribution in [0.2, 0.25) is 0 Å². The van der Waals surface area contributed by atoms with Gasteiger partial charge in [0.25, 0.3) is 5.91 Å². The van der Waals surface area contributed by atoms with E-state index in [9.17, 15) is 9.59 Å². The largest absolute Gasteiger partial charge is 0.497 e. The molecule has 2 amide bonds. The molecule has 0 aliphatic rings. The standard InChI is InChI=1S/C23H24N4O3/c1-30-19-9-4-16(5-10-19)6-11-22(28)26-14-17-2-7-18(8-3-17)23(29)27-21-12-13-25-15-20(21)24/h2-5,7-10,12-13,15H,6,11,14,24H2,1H3,(H,26,28)(H,25,27,29). The minimum atomic E-state index is -0.261. The SMILES string of the molecule is COc1ccc(CCC(=O)NCc2ccc(C(=O)Nc3ccncc3N)cc2)cc1. The Morgan fingerprint density at radius 1 is 1.00 bits per heavy atom. The number of methoxy groups -OCH3 is 1. The number of nitrogens with one attached hydrogen (secondary N) is 2. The van der Waals surface area contributed by atoms with Crippen LogP contribution in [0.25, 0.3) is 0 Å². The summed E-state index contributed by atoms with van der Waals surface area (Å²) in [4.78, 5) is 28.3. The maximum atomic E-state index is 12.3. The van der Waals surface area contributed by atoms with E-state index in [0.717, 1.165) is 16.9 Å². The molecule has 154 valence electrons. The van der Waals surface area contributed by atoms with Crippen molar-refractivity contribution in [3.8, 4) is 5.75 Å². The third-order valence-corrected chi connectivity index (χ3v) is 4.61. The Morgan fingerprint density at radius 2 is 1.70 bits per heavy atom. The van der Waals surface area contributed by atoms with Gasteiger partial charge in [0, 0.05) is 24.7 Å². The zero-order valence-electron chi connectivity index (χ0n) is 16.7. The number of rotatable bonds is 8. The fourth-order valence-corrected chi connectivity index (χ4v) is 2.83. The van der Waals surface area contributed by atoms with Gasteiger partial charge in [-0.15, -0.1) is 0 Å². The van der Waals surface area contributed by atoms with Gasteiger partial charge in [-0.1, -0.05) is 24.3 Å². The van der Waals surface area contributed by atoms with Crippen molar-refractivity contribution in [3.63, 3.8) is 0 Å². The molecule has 0 atom stereocenters. The highest BCUT2D eigenvalue weighted by Gasteiger charge is 2.08. The molecule has 30 heavy (non-hydrogen) atoms. The van der Waals surface area contributed by atoms with Crippen LogP contribution in [0.5, 0.6) is 5.75 Å². The number of hydrogen-bond acceptors (Lipinski definition) is 5. The fourth-order valence-electron chi connectivity index (χ4n) is 2.83. The van der Waals surface area contributed by atoms with Gasteiger partial charge in [0.2, 0.25) is 5.91 Å². The molecule has 3 rings (SSSR count). The number of aromatic nitrogens is 1. The van der Waals surface area contributed by atoms with Crippen LogP contribution in [-0.2, 0) is 17.8 Å². The van der Waals surface area contributed by atoms with E-state index in [1.165, 1.54) is 6.20 Å². The third kappa shape index (κ3) is 5.81. The lowest BCUT2D eigenvalue weighted by atomic mass is 10.1. The van der Waals surface area contributed by atoms with E-state index in [1.54, 1.807) is 31.5 Å². The monoisotopic (exact) mass is 404 g/mol. The molecule has 0 radical (unpaired) electrons. The normalized spacial score (nSPS) is 10.3. The Balaban J connectivity index is 1.46. The van der Waals surface area contributed by atoms with Gasteiger partial charge < -0.3 is 21.1 Å². The zero-order valence-corrected chi connectivity index (χ0v) is 16.7. The van der Waals surface area contributed by atoms with E-state index >= 15 is 0 Å². The van der Waals surface area contributed by atoms with Crippen molar-refractivity contribution < 1.29 is 14.3 Å². The Hall–Kier alpha value is -3.87. The second kappa shape index (κ2) is 10.1. The number of ether oxygens (including phenoxy) is 1. The number of carbonyl (C=O) groups excluding carboxylic acids is 2. The van der Waals surface area contributed by atoms with Crippen LogP contribution >= 0.6 is 0 Å². The van der Waals surface area contributed by atoms with Crippen LogP contribution in [0, 0.1) is 0 Å². The van der Waals surface area contributed by atoms with Crippen molar-refractivity contribution in [2.24, 2.45) is 0 Å². The van der Waals surface area contributed by atoms with Gasteiger partial charge in [-0.3, -0.25) is 14.6 Å². The maximum Gasteiger partial charge on any atom is 0.255 e. The second-order valence-corrected chi connectivity index (χ2v) is 6.74. The molecule has 0 aliphatic heterocycles. The number of amides is 2. The molecule has 0 fully saturated rings. The Morgan fingerprint density at radius 3 is 2.37 bits per heavy atom. The number of hydrogen-bond donors (Lipinski definition) is 3. The van der Waals surface area contributed by atoms with Crippen molar-refractivity contribution in [2.45, 2.75) is 19.4 Å². The number of nitrogens with two attached hydrogens (primary N) is 1. The minimum absolute atomic E-state index is 0.0270. The van der Waals surface area contributed by atoms with Crippen molar-refractivity contribution >= 4 is 23.2 Å². The first kappa shape index (κ1) is 20.9. The van der Waals surface area contributed by atoms with E-state index in [-0.39, 0.29) is 11.8 Å². The predicted molar refractivity (Wildman–Crippen MR) is 116 cm³/mol. The Bertz CT molecular complexity index is 1000. The summed E-state index contributed by atoms with van der Waals surface area (Å²) >= 11 is 0. The number of nitrogens with zero attached hydrogens (tertiary/aromatic N) is 1. The van der Waals surface area contributed by atoms with Gasteiger partial charge in [0.05, 0.1) is 24.7 Å². The van der Waals surface area contributed by atoms with Crippen LogP contribution in [0.3, 0.4) is 0 Å². The summed E-state index contributed by atoms with van der Waals surface area (Å²) in [6.07, 6.45) is 4.11. The molecule has 3 aromatic rings. The number of pyridine rings is 1. The Labute approximate surface area is 175 Å². The number of nitrogen functional groups attached to an aromatic ring is 1. The fraction of sp³-hybridized carbons (Fsp3) is 0.174. The highest BCUT2D eigenvalue weighted by Crippen LogP contribution is 2.17. The van der Waals surface area contributed by atoms with Crippen LogP contribution < -0.4 is 21.1 Å². The molecule has 0 unspecified atom stereocenters. The van der Waals surface area contributed by atoms with Crippen molar-refractivity contribution in [1.82, 2.24) is 10.3 Å². The summed E-state index contributed by atoms with van der Waals surface area (Å²) in [7, 11) is 1.62. The van der Waals surface area contributed by atoms with Gasteiger partial charge in [-0.25, -0.2) is 0 Å². The van der Waals surface area contributed by atoms with Crippen LogP contribution in [0.1, 0.15) is 27.9 Å². The number of anilines is 2. The quantitative estimate of drug-likeness (QED) is 0.535. The highest BCUT2D eigenvalue weighted by molar-refractivity contribution is 6.05. The first-order valence-electron chi connectivity index (χ1n) is 9.54. The topological polar surface area (TPSA) is 106 Å². The maximum absolute atomic E-state index is 12.3. The summed E-state index contributed by atoms with van der Waals surface area (Å²) in [5, 5.41) is 5.65. The van der Waals surface area contributed by atoms with Crippen molar-refractivity contribution in [2.75, 3.05) is 18.2 Å². The van der Waals surface area contributed by atoms with Gasteiger partial charge >= 0.3 is 0 Å². The third-order valence-electron chi connectivity index (χ3n) is 4.61. The molecule has 0 bridgehead atoms. The molecule has 0 spiro atoms. The first-order chi connectivity index (χ1) is 14.5.